The summed E-state index contributed by atoms with van der Waals surface area (Å²) < 4.78 is 10.1. The molecule has 0 aromatic carbocycles. The van der Waals surface area contributed by atoms with E-state index in [1.807, 2.05) is 0 Å². The first kappa shape index (κ1) is 11.2. The monoisotopic (exact) mass is 224 g/mol. The minimum atomic E-state index is -0.449. The van der Waals surface area contributed by atoms with Crippen LogP contribution in [0.25, 0.3) is 0 Å². The van der Waals surface area contributed by atoms with Gasteiger partial charge in [0.25, 0.3) is 0 Å². The smallest absolute Gasteiger partial charge is 0.331 e. The zero-order chi connectivity index (χ0) is 11.4. The van der Waals surface area contributed by atoms with Gasteiger partial charge in [0, 0.05) is 12.2 Å². The van der Waals surface area contributed by atoms with Crippen LogP contribution >= 0.6 is 0 Å². The summed E-state index contributed by atoms with van der Waals surface area (Å²) in [5.74, 6) is -0.898. The Hall–Kier alpha value is -1.32. The molecule has 0 spiro atoms. The predicted molar refractivity (Wildman–Crippen MR) is 56.6 cm³/mol. The Labute approximate surface area is 94.6 Å². The second-order valence-corrected chi connectivity index (χ2v) is 4.31. The van der Waals surface area contributed by atoms with Crippen LogP contribution in [-0.2, 0) is 19.1 Å². The molecule has 88 valence electrons. The third-order valence-electron chi connectivity index (χ3n) is 3.03. The summed E-state index contributed by atoms with van der Waals surface area (Å²) in [7, 11) is 0. The quantitative estimate of drug-likeness (QED) is 0.539. The van der Waals surface area contributed by atoms with Crippen LogP contribution in [0, 0.1) is 0 Å². The van der Waals surface area contributed by atoms with Crippen LogP contribution in [0.4, 0.5) is 0 Å². The average Bonchev–Trinajstić information content (AvgIpc) is 2.14. The van der Waals surface area contributed by atoms with E-state index in [-0.39, 0.29) is 12.2 Å². The number of carbonyl (C=O) groups excluding carboxylic acids is 2. The topological polar surface area (TPSA) is 52.6 Å². The summed E-state index contributed by atoms with van der Waals surface area (Å²) in [5, 5.41) is 0. The number of carbonyl (C=O) groups is 2. The van der Waals surface area contributed by atoms with Crippen molar-refractivity contribution >= 4 is 11.9 Å². The molecule has 2 aliphatic carbocycles. The van der Waals surface area contributed by atoms with Gasteiger partial charge in [0.1, 0.15) is 12.2 Å². The van der Waals surface area contributed by atoms with Gasteiger partial charge in [-0.3, -0.25) is 0 Å². The van der Waals surface area contributed by atoms with Gasteiger partial charge in [-0.15, -0.1) is 0 Å². The zero-order valence-corrected chi connectivity index (χ0v) is 9.19. The van der Waals surface area contributed by atoms with E-state index in [2.05, 4.69) is 0 Å². The third-order valence-corrected chi connectivity index (χ3v) is 3.03. The second-order valence-electron chi connectivity index (χ2n) is 4.31. The van der Waals surface area contributed by atoms with Crippen LogP contribution in [-0.4, -0.2) is 24.1 Å². The molecule has 0 bridgehead atoms. The highest BCUT2D eigenvalue weighted by Gasteiger charge is 2.22. The predicted octanol–water partition coefficient (Wildman–Crippen LogP) is 1.73. The summed E-state index contributed by atoms with van der Waals surface area (Å²) in [5.41, 5.74) is 0. The largest absolute Gasteiger partial charge is 0.459 e. The van der Waals surface area contributed by atoms with Crippen LogP contribution < -0.4 is 0 Å². The van der Waals surface area contributed by atoms with Gasteiger partial charge in [-0.05, 0) is 38.5 Å². The Bertz CT molecular complexity index is 270. The van der Waals surface area contributed by atoms with Gasteiger partial charge in [-0.25, -0.2) is 9.59 Å². The lowest BCUT2D eigenvalue weighted by molar-refractivity contribution is -0.149. The van der Waals surface area contributed by atoms with Crippen LogP contribution in [0.5, 0.6) is 0 Å². The Morgan fingerprint density at radius 1 is 0.812 bits per heavy atom. The highest BCUT2D eigenvalue weighted by molar-refractivity contribution is 5.91. The van der Waals surface area contributed by atoms with Gasteiger partial charge < -0.3 is 9.47 Å². The molecule has 2 rings (SSSR count). The molecule has 2 fully saturated rings. The van der Waals surface area contributed by atoms with Gasteiger partial charge in [0.15, 0.2) is 0 Å². The van der Waals surface area contributed by atoms with Crippen molar-refractivity contribution in [3.63, 3.8) is 0 Å². The first-order valence-corrected chi connectivity index (χ1v) is 5.83. The van der Waals surface area contributed by atoms with E-state index in [4.69, 9.17) is 9.47 Å². The fourth-order valence-electron chi connectivity index (χ4n) is 1.52. The lowest BCUT2D eigenvalue weighted by atomic mass is 9.96. The van der Waals surface area contributed by atoms with E-state index >= 15 is 0 Å². The third kappa shape index (κ3) is 3.08. The van der Waals surface area contributed by atoms with E-state index < -0.39 is 11.9 Å². The van der Waals surface area contributed by atoms with E-state index in [0.29, 0.717) is 0 Å². The maximum Gasteiger partial charge on any atom is 0.331 e. The maximum atomic E-state index is 11.2. The van der Waals surface area contributed by atoms with Crippen molar-refractivity contribution in [3.8, 4) is 0 Å². The Morgan fingerprint density at radius 2 is 1.19 bits per heavy atom. The molecule has 16 heavy (non-hydrogen) atoms. The fraction of sp³-hybridized carbons (Fsp3) is 0.667. The Balaban J connectivity index is 1.65. The highest BCUT2D eigenvalue weighted by atomic mass is 16.5. The number of rotatable bonds is 4. The molecule has 0 aromatic heterocycles. The molecule has 0 amide bonds. The number of esters is 2. The molecule has 0 radical (unpaired) electrons. The number of hydrogen-bond acceptors (Lipinski definition) is 4. The van der Waals surface area contributed by atoms with Crippen LogP contribution in [0.15, 0.2) is 12.2 Å². The van der Waals surface area contributed by atoms with Crippen LogP contribution in [0.3, 0.4) is 0 Å². The Morgan fingerprint density at radius 3 is 1.44 bits per heavy atom. The molecular formula is C12H16O4. The summed E-state index contributed by atoms with van der Waals surface area (Å²) in [6.07, 6.45) is 8.39. The minimum absolute atomic E-state index is 0.0554. The molecule has 0 atom stereocenters. The van der Waals surface area contributed by atoms with Crippen molar-refractivity contribution in [1.82, 2.24) is 0 Å². The van der Waals surface area contributed by atoms with E-state index in [0.717, 1.165) is 50.7 Å². The van der Waals surface area contributed by atoms with Crippen molar-refractivity contribution in [2.45, 2.75) is 50.7 Å². The van der Waals surface area contributed by atoms with Crippen molar-refractivity contribution < 1.29 is 19.1 Å². The van der Waals surface area contributed by atoms with Gasteiger partial charge in [0.05, 0.1) is 0 Å². The molecule has 0 N–H and O–H groups in total. The highest BCUT2D eigenvalue weighted by Crippen LogP contribution is 2.23. The zero-order valence-electron chi connectivity index (χ0n) is 9.19. The molecule has 2 saturated carbocycles. The molecule has 0 heterocycles. The molecule has 4 nitrogen and oxygen atoms in total. The second kappa shape index (κ2) is 5.14. The van der Waals surface area contributed by atoms with Gasteiger partial charge >= 0.3 is 11.9 Å². The van der Waals surface area contributed by atoms with E-state index in [9.17, 15) is 9.59 Å². The van der Waals surface area contributed by atoms with Crippen molar-refractivity contribution in [1.29, 1.82) is 0 Å². The first-order valence-electron chi connectivity index (χ1n) is 5.83. The molecule has 4 heteroatoms. The summed E-state index contributed by atoms with van der Waals surface area (Å²) in [4.78, 5) is 22.4. The molecular weight excluding hydrogens is 208 g/mol. The summed E-state index contributed by atoms with van der Waals surface area (Å²) in [6, 6.07) is 0. The van der Waals surface area contributed by atoms with E-state index in [1.165, 1.54) is 0 Å². The van der Waals surface area contributed by atoms with Crippen LogP contribution in [0.2, 0.25) is 0 Å². The normalized spacial score (nSPS) is 21.2. The molecule has 2 aliphatic rings. The van der Waals surface area contributed by atoms with Gasteiger partial charge in [-0.2, -0.15) is 0 Å². The molecule has 0 saturated heterocycles. The lowest BCUT2D eigenvalue weighted by Crippen LogP contribution is -2.25. The maximum absolute atomic E-state index is 11.2. The van der Waals surface area contributed by atoms with Gasteiger partial charge in [-0.1, -0.05) is 0 Å². The summed E-state index contributed by atoms with van der Waals surface area (Å²) >= 11 is 0. The average molecular weight is 224 g/mol. The molecule has 0 aliphatic heterocycles. The lowest BCUT2D eigenvalue weighted by Gasteiger charge is -2.25. The Kier molecular flexibility index (Phi) is 3.59. The standard InChI is InChI=1S/C12H16O4/c13-11(15-9-3-1-4-9)7-8-12(14)16-10-5-2-6-10/h7-10H,1-6H2. The fourth-order valence-corrected chi connectivity index (χ4v) is 1.52. The SMILES string of the molecule is O=C(C=CC(=O)OC1CCC1)OC1CCC1. The molecule has 0 aromatic rings. The van der Waals surface area contributed by atoms with Crippen molar-refractivity contribution in [2.75, 3.05) is 0 Å². The minimum Gasteiger partial charge on any atom is -0.459 e. The summed E-state index contributed by atoms with van der Waals surface area (Å²) in [6.45, 7) is 0. The van der Waals surface area contributed by atoms with Crippen molar-refractivity contribution in [2.24, 2.45) is 0 Å². The van der Waals surface area contributed by atoms with Crippen molar-refractivity contribution in [3.05, 3.63) is 12.2 Å². The van der Waals surface area contributed by atoms with Crippen LogP contribution in [0.1, 0.15) is 38.5 Å². The first-order chi connectivity index (χ1) is 7.74. The molecule has 0 unspecified atom stereocenters. The number of hydrogen-bond donors (Lipinski definition) is 0. The van der Waals surface area contributed by atoms with Gasteiger partial charge in [0.2, 0.25) is 0 Å². The van der Waals surface area contributed by atoms with E-state index in [1.54, 1.807) is 0 Å². The number of ether oxygens (including phenoxy) is 2.